The molecule has 1 rings (SSSR count). The lowest BCUT2D eigenvalue weighted by atomic mass is 9.87. The minimum atomic E-state index is -1.04. The van der Waals surface area contributed by atoms with Gasteiger partial charge in [-0.05, 0) is 25.7 Å². The summed E-state index contributed by atoms with van der Waals surface area (Å²) in [5, 5.41) is 8.30. The molecular formula is C9H13NO2. The first-order valence-corrected chi connectivity index (χ1v) is 4.18. The van der Waals surface area contributed by atoms with Gasteiger partial charge in [0.1, 0.15) is 0 Å². The van der Waals surface area contributed by atoms with Gasteiger partial charge in [-0.15, -0.1) is 0 Å². The first-order valence-electron chi connectivity index (χ1n) is 4.18. The predicted molar refractivity (Wildman–Crippen MR) is 45.3 cm³/mol. The van der Waals surface area contributed by atoms with E-state index in [0.29, 0.717) is 6.04 Å². The number of carbonyl (C=O) groups is 1. The van der Waals surface area contributed by atoms with Gasteiger partial charge in [-0.1, -0.05) is 5.92 Å². The van der Waals surface area contributed by atoms with Crippen LogP contribution in [0.2, 0.25) is 0 Å². The van der Waals surface area contributed by atoms with Gasteiger partial charge in [0.15, 0.2) is 0 Å². The lowest BCUT2D eigenvalue weighted by Crippen LogP contribution is -2.25. The van der Waals surface area contributed by atoms with Gasteiger partial charge >= 0.3 is 5.97 Å². The highest BCUT2D eigenvalue weighted by molar-refractivity contribution is 5.86. The fourth-order valence-corrected chi connectivity index (χ4v) is 1.43. The molecule has 0 amide bonds. The van der Waals surface area contributed by atoms with E-state index in [1.807, 2.05) is 0 Å². The summed E-state index contributed by atoms with van der Waals surface area (Å²) in [5.41, 5.74) is 5.69. The Morgan fingerprint density at radius 2 is 1.92 bits per heavy atom. The van der Waals surface area contributed by atoms with Gasteiger partial charge in [-0.3, -0.25) is 0 Å². The smallest absolute Gasteiger partial charge is 0.381 e. The predicted octanol–water partition coefficient (Wildman–Crippen LogP) is 0.592. The van der Waals surface area contributed by atoms with Gasteiger partial charge in [0.05, 0.1) is 0 Å². The van der Waals surface area contributed by atoms with E-state index in [1.165, 1.54) is 0 Å². The first kappa shape index (κ1) is 9.08. The van der Waals surface area contributed by atoms with Crippen molar-refractivity contribution < 1.29 is 9.90 Å². The zero-order valence-corrected chi connectivity index (χ0v) is 6.92. The molecule has 3 heteroatoms. The number of carboxylic acid groups (broad SMARTS) is 1. The minimum absolute atomic E-state index is 0.251. The number of rotatable bonds is 0. The average Bonchev–Trinajstić information content (AvgIpc) is 2.03. The Labute approximate surface area is 71.9 Å². The van der Waals surface area contributed by atoms with Crippen LogP contribution < -0.4 is 5.73 Å². The molecule has 0 saturated heterocycles. The molecule has 0 aliphatic heterocycles. The van der Waals surface area contributed by atoms with Crippen LogP contribution in [-0.2, 0) is 4.79 Å². The van der Waals surface area contributed by atoms with Crippen molar-refractivity contribution in [2.75, 3.05) is 0 Å². The standard InChI is InChI=1S/C9H13NO2/c10-8-4-1-7(2-5-8)3-6-9(11)12/h7-8H,1-2,4-5,10H2,(H,11,12). The van der Waals surface area contributed by atoms with Crippen molar-refractivity contribution in [1.82, 2.24) is 0 Å². The Bertz CT molecular complexity index is 218. The second kappa shape index (κ2) is 4.13. The van der Waals surface area contributed by atoms with E-state index in [9.17, 15) is 4.79 Å². The fourth-order valence-electron chi connectivity index (χ4n) is 1.43. The molecule has 0 aromatic heterocycles. The molecule has 3 nitrogen and oxygen atoms in total. The van der Waals surface area contributed by atoms with E-state index in [4.69, 9.17) is 10.8 Å². The highest BCUT2D eigenvalue weighted by Gasteiger charge is 2.16. The van der Waals surface area contributed by atoms with Gasteiger partial charge in [-0.2, -0.15) is 0 Å². The maximum absolute atomic E-state index is 10.1. The number of carboxylic acids is 1. The van der Waals surface area contributed by atoms with E-state index in [1.54, 1.807) is 0 Å². The first-order chi connectivity index (χ1) is 5.68. The fraction of sp³-hybridized carbons (Fsp3) is 0.667. The lowest BCUT2D eigenvalue weighted by Gasteiger charge is -2.21. The molecule has 1 aliphatic carbocycles. The van der Waals surface area contributed by atoms with Crippen LogP contribution in [0.25, 0.3) is 0 Å². The molecule has 0 heterocycles. The summed E-state index contributed by atoms with van der Waals surface area (Å²) in [6, 6.07) is 0.299. The molecular weight excluding hydrogens is 154 g/mol. The van der Waals surface area contributed by atoms with Crippen LogP contribution in [0.15, 0.2) is 0 Å². The minimum Gasteiger partial charge on any atom is -0.472 e. The maximum atomic E-state index is 10.1. The quantitative estimate of drug-likeness (QED) is 0.519. The number of hydrogen-bond donors (Lipinski definition) is 2. The third-order valence-corrected chi connectivity index (χ3v) is 2.16. The normalized spacial score (nSPS) is 28.8. The topological polar surface area (TPSA) is 63.3 Å². The summed E-state index contributed by atoms with van der Waals surface area (Å²) in [5.74, 6) is 4.11. The molecule has 12 heavy (non-hydrogen) atoms. The summed E-state index contributed by atoms with van der Waals surface area (Å²) < 4.78 is 0. The highest BCUT2D eigenvalue weighted by atomic mass is 16.4. The number of aliphatic carboxylic acids is 1. The lowest BCUT2D eigenvalue weighted by molar-refractivity contribution is -0.130. The van der Waals surface area contributed by atoms with Crippen molar-refractivity contribution in [1.29, 1.82) is 0 Å². The van der Waals surface area contributed by atoms with Crippen LogP contribution in [-0.4, -0.2) is 17.1 Å². The molecule has 0 aromatic carbocycles. The zero-order chi connectivity index (χ0) is 8.97. The van der Waals surface area contributed by atoms with Gasteiger partial charge in [-0.25, -0.2) is 4.79 Å². The molecule has 0 spiro atoms. The Kier molecular flexibility index (Phi) is 3.12. The van der Waals surface area contributed by atoms with E-state index in [2.05, 4.69) is 11.8 Å². The molecule has 1 aliphatic rings. The van der Waals surface area contributed by atoms with E-state index >= 15 is 0 Å². The summed E-state index contributed by atoms with van der Waals surface area (Å²) in [7, 11) is 0. The van der Waals surface area contributed by atoms with Crippen molar-refractivity contribution >= 4 is 5.97 Å². The van der Waals surface area contributed by atoms with Crippen LogP contribution >= 0.6 is 0 Å². The van der Waals surface area contributed by atoms with Crippen LogP contribution in [0.4, 0.5) is 0 Å². The largest absolute Gasteiger partial charge is 0.472 e. The van der Waals surface area contributed by atoms with Crippen molar-refractivity contribution in [2.24, 2.45) is 11.7 Å². The van der Waals surface area contributed by atoms with E-state index in [-0.39, 0.29) is 5.92 Å². The molecule has 0 aromatic rings. The van der Waals surface area contributed by atoms with Crippen molar-refractivity contribution in [2.45, 2.75) is 31.7 Å². The molecule has 0 atom stereocenters. The maximum Gasteiger partial charge on any atom is 0.381 e. The molecule has 0 radical (unpaired) electrons. The number of hydrogen-bond acceptors (Lipinski definition) is 2. The van der Waals surface area contributed by atoms with Gasteiger partial charge in [0.2, 0.25) is 0 Å². The number of nitrogens with two attached hydrogens (primary N) is 1. The Morgan fingerprint density at radius 3 is 2.42 bits per heavy atom. The van der Waals surface area contributed by atoms with Crippen molar-refractivity contribution in [3.8, 4) is 11.8 Å². The molecule has 1 saturated carbocycles. The average molecular weight is 167 g/mol. The molecule has 1 fully saturated rings. The van der Waals surface area contributed by atoms with Crippen molar-refractivity contribution in [3.05, 3.63) is 0 Å². The van der Waals surface area contributed by atoms with E-state index in [0.717, 1.165) is 25.7 Å². The molecule has 0 unspecified atom stereocenters. The van der Waals surface area contributed by atoms with Crippen molar-refractivity contribution in [3.63, 3.8) is 0 Å². The molecule has 3 N–H and O–H groups in total. The third-order valence-electron chi connectivity index (χ3n) is 2.16. The van der Waals surface area contributed by atoms with Gasteiger partial charge in [0, 0.05) is 17.9 Å². The summed E-state index contributed by atoms with van der Waals surface area (Å²) in [6.07, 6.45) is 3.83. The van der Waals surface area contributed by atoms with Crippen LogP contribution in [0, 0.1) is 17.8 Å². The van der Waals surface area contributed by atoms with Gasteiger partial charge in [0.25, 0.3) is 0 Å². The second-order valence-electron chi connectivity index (χ2n) is 3.19. The SMILES string of the molecule is NC1CCC(C#CC(=O)O)CC1. The zero-order valence-electron chi connectivity index (χ0n) is 6.92. The summed E-state index contributed by atoms with van der Waals surface area (Å²) >= 11 is 0. The van der Waals surface area contributed by atoms with Gasteiger partial charge < -0.3 is 10.8 Å². The van der Waals surface area contributed by atoms with Crippen LogP contribution in [0.1, 0.15) is 25.7 Å². The van der Waals surface area contributed by atoms with Crippen LogP contribution in [0.5, 0.6) is 0 Å². The molecule has 0 bridgehead atoms. The second-order valence-corrected chi connectivity index (χ2v) is 3.19. The third kappa shape index (κ3) is 2.93. The van der Waals surface area contributed by atoms with Crippen LogP contribution in [0.3, 0.4) is 0 Å². The summed E-state index contributed by atoms with van der Waals surface area (Å²) in [4.78, 5) is 10.1. The Hall–Kier alpha value is -1.01. The monoisotopic (exact) mass is 167 g/mol. The van der Waals surface area contributed by atoms with E-state index < -0.39 is 5.97 Å². The molecule has 66 valence electrons. The Balaban J connectivity index is 2.37. The summed E-state index contributed by atoms with van der Waals surface area (Å²) in [6.45, 7) is 0. The Morgan fingerprint density at radius 1 is 1.33 bits per heavy atom. The highest BCUT2D eigenvalue weighted by Crippen LogP contribution is 2.21.